The Bertz CT molecular complexity index is 484. The zero-order valence-electron chi connectivity index (χ0n) is 14.2. The van der Waals surface area contributed by atoms with Gasteiger partial charge in [0.15, 0.2) is 0 Å². The molecule has 9 heteroatoms. The average Bonchev–Trinajstić information content (AvgIpc) is 2.98. The van der Waals surface area contributed by atoms with Crippen LogP contribution < -0.4 is 0 Å². The summed E-state index contributed by atoms with van der Waals surface area (Å²) in [5.41, 5.74) is 0. The Labute approximate surface area is 170 Å². The van der Waals surface area contributed by atoms with Crippen LogP contribution in [0.5, 0.6) is 0 Å². The van der Waals surface area contributed by atoms with E-state index in [9.17, 15) is 4.57 Å². The van der Waals surface area contributed by atoms with Gasteiger partial charge in [-0.3, -0.25) is 9.09 Å². The molecule has 0 saturated carbocycles. The van der Waals surface area contributed by atoms with E-state index in [0.717, 1.165) is 34.7 Å². The maximum Gasteiger partial charge on any atom is 0.346 e. The Balaban J connectivity index is 3.03. The van der Waals surface area contributed by atoms with Crippen LogP contribution in [0.15, 0.2) is 16.5 Å². The van der Waals surface area contributed by atoms with E-state index in [1.807, 2.05) is 28.4 Å². The second kappa shape index (κ2) is 12.3. The van der Waals surface area contributed by atoms with Crippen LogP contribution in [0.3, 0.4) is 0 Å². The Morgan fingerprint density at radius 2 is 1.58 bits per heavy atom. The van der Waals surface area contributed by atoms with Gasteiger partial charge in [0.25, 0.3) is 0 Å². The highest BCUT2D eigenvalue weighted by Crippen LogP contribution is 2.55. The molecule has 1 heterocycles. The van der Waals surface area contributed by atoms with Crippen LogP contribution in [-0.2, 0) is 15.7 Å². The number of furan rings is 1. The average molecular weight is 553 g/mol. The van der Waals surface area contributed by atoms with Crippen LogP contribution in [0.1, 0.15) is 24.9 Å². The summed E-state index contributed by atoms with van der Waals surface area (Å²) in [7, 11) is -3.15. The van der Waals surface area contributed by atoms with E-state index >= 15 is 0 Å². The molecule has 24 heavy (non-hydrogen) atoms. The molecule has 0 amide bonds. The summed E-state index contributed by atoms with van der Waals surface area (Å²) in [5, 5.41) is 2.22. The first-order chi connectivity index (χ1) is 11.5. The third kappa shape index (κ3) is 6.86. The van der Waals surface area contributed by atoms with E-state index < -0.39 is 7.67 Å². The third-order valence-corrected chi connectivity index (χ3v) is 7.15. The molecule has 1 rings (SSSR count). The minimum absolute atomic E-state index is 0.203. The van der Waals surface area contributed by atoms with Crippen molar-refractivity contribution in [3.8, 4) is 0 Å². The van der Waals surface area contributed by atoms with Crippen molar-refractivity contribution < 1.29 is 13.5 Å². The smallest absolute Gasteiger partial charge is 0.346 e. The summed E-state index contributed by atoms with van der Waals surface area (Å²) < 4.78 is 29.4. The lowest BCUT2D eigenvalue weighted by Gasteiger charge is -2.37. The maximum atomic E-state index is 13.9. The van der Waals surface area contributed by atoms with Crippen LogP contribution >= 0.6 is 55.5 Å². The molecule has 1 atom stereocenters. The van der Waals surface area contributed by atoms with E-state index in [1.54, 1.807) is 0 Å². The van der Waals surface area contributed by atoms with E-state index in [1.165, 1.54) is 0 Å². The topological polar surface area (TPSA) is 45.9 Å². The lowest BCUT2D eigenvalue weighted by atomic mass is 10.4. The van der Waals surface area contributed by atoms with Gasteiger partial charge in [-0.2, -0.15) is 0 Å². The molecule has 0 fully saturated rings. The van der Waals surface area contributed by atoms with Crippen molar-refractivity contribution in [2.24, 2.45) is 0 Å². The Morgan fingerprint density at radius 1 is 1.04 bits per heavy atom. The van der Waals surface area contributed by atoms with Gasteiger partial charge in [-0.1, -0.05) is 54.7 Å². The number of alkyl halides is 3. The summed E-state index contributed by atoms with van der Waals surface area (Å²) in [6, 6.07) is 3.76. The Morgan fingerprint density at radius 3 is 2.00 bits per heavy atom. The van der Waals surface area contributed by atoms with Gasteiger partial charge in [0.1, 0.15) is 18.1 Å². The molecule has 0 aliphatic rings. The van der Waals surface area contributed by atoms with E-state index in [-0.39, 0.29) is 6.61 Å². The molecular weight excluding hydrogens is 527 g/mol. The molecule has 0 bridgehead atoms. The number of nitrogens with zero attached hydrogens (tertiary/aromatic N) is 2. The standard InChI is InChI=1S/C15H26Br3N2O3P/c1-3-9-19(10-6-16)24(21,20(11-7-17)12-8-18)22-13-15-5-4-14(2)23-15/h4-5H,3,6-13H2,1-2H3. The summed E-state index contributed by atoms with van der Waals surface area (Å²) >= 11 is 10.4. The van der Waals surface area contributed by atoms with Crippen molar-refractivity contribution in [3.05, 3.63) is 23.7 Å². The fourth-order valence-corrected chi connectivity index (χ4v) is 6.93. The van der Waals surface area contributed by atoms with Crippen LogP contribution in [0.4, 0.5) is 0 Å². The maximum absolute atomic E-state index is 13.9. The molecule has 140 valence electrons. The summed E-state index contributed by atoms with van der Waals surface area (Å²) in [6.45, 7) is 6.88. The zero-order chi connectivity index (χ0) is 18.0. The first kappa shape index (κ1) is 22.9. The zero-order valence-corrected chi connectivity index (χ0v) is 19.9. The molecule has 1 unspecified atom stereocenters. The summed E-state index contributed by atoms with van der Waals surface area (Å²) in [6.07, 6.45) is 0.913. The van der Waals surface area contributed by atoms with Gasteiger partial charge < -0.3 is 4.42 Å². The molecule has 0 aromatic carbocycles. The van der Waals surface area contributed by atoms with Gasteiger partial charge in [0, 0.05) is 42.2 Å². The van der Waals surface area contributed by atoms with Gasteiger partial charge in [-0.05, 0) is 25.5 Å². The monoisotopic (exact) mass is 550 g/mol. The fraction of sp³-hybridized carbons (Fsp3) is 0.733. The van der Waals surface area contributed by atoms with Gasteiger partial charge in [0.2, 0.25) is 0 Å². The predicted octanol–water partition coefficient (Wildman–Crippen LogP) is 5.41. The van der Waals surface area contributed by atoms with Crippen LogP contribution in [-0.4, -0.2) is 51.5 Å². The molecule has 0 aliphatic heterocycles. The number of hydrogen-bond acceptors (Lipinski definition) is 3. The largest absolute Gasteiger partial charge is 0.464 e. The number of rotatable bonds is 13. The molecule has 0 N–H and O–H groups in total. The van der Waals surface area contributed by atoms with Gasteiger partial charge in [-0.25, -0.2) is 9.34 Å². The third-order valence-electron chi connectivity index (χ3n) is 3.40. The highest BCUT2D eigenvalue weighted by molar-refractivity contribution is 9.09. The lowest BCUT2D eigenvalue weighted by molar-refractivity contribution is 0.191. The second-order valence-corrected chi connectivity index (χ2v) is 10.0. The Hall–Kier alpha value is 0.830. The summed E-state index contributed by atoms with van der Waals surface area (Å²) in [4.78, 5) is 0. The first-order valence-corrected chi connectivity index (χ1v) is 12.9. The van der Waals surface area contributed by atoms with E-state index in [0.29, 0.717) is 25.4 Å². The highest BCUT2D eigenvalue weighted by atomic mass is 79.9. The molecule has 5 nitrogen and oxygen atoms in total. The normalized spacial score (nSPS) is 14.5. The van der Waals surface area contributed by atoms with Crippen molar-refractivity contribution in [3.63, 3.8) is 0 Å². The van der Waals surface area contributed by atoms with Gasteiger partial charge >= 0.3 is 7.67 Å². The van der Waals surface area contributed by atoms with Crippen LogP contribution in [0.2, 0.25) is 0 Å². The predicted molar refractivity (Wildman–Crippen MR) is 111 cm³/mol. The fourth-order valence-electron chi connectivity index (χ4n) is 2.33. The minimum Gasteiger partial charge on any atom is -0.464 e. The molecule has 1 aromatic heterocycles. The molecule has 1 aromatic rings. The SMILES string of the molecule is CCCN(CCBr)P(=O)(OCc1ccc(C)o1)N(CCBr)CCBr. The molecular formula is C15H26Br3N2O3P. The number of halogens is 3. The number of hydrogen-bond donors (Lipinski definition) is 0. The van der Waals surface area contributed by atoms with Crippen molar-refractivity contribution in [2.45, 2.75) is 26.9 Å². The molecule has 0 radical (unpaired) electrons. The van der Waals surface area contributed by atoms with E-state index in [2.05, 4.69) is 54.7 Å². The first-order valence-electron chi connectivity index (χ1n) is 8.00. The van der Waals surface area contributed by atoms with Crippen molar-refractivity contribution in [1.82, 2.24) is 9.34 Å². The molecule has 0 spiro atoms. The summed E-state index contributed by atoms with van der Waals surface area (Å²) in [5.74, 6) is 1.52. The second-order valence-electron chi connectivity index (χ2n) is 5.25. The van der Waals surface area contributed by atoms with Crippen LogP contribution in [0.25, 0.3) is 0 Å². The Kier molecular flexibility index (Phi) is 11.7. The van der Waals surface area contributed by atoms with Crippen molar-refractivity contribution in [2.75, 3.05) is 42.2 Å². The highest BCUT2D eigenvalue weighted by Gasteiger charge is 2.37. The van der Waals surface area contributed by atoms with Crippen molar-refractivity contribution in [1.29, 1.82) is 0 Å². The minimum atomic E-state index is -3.15. The van der Waals surface area contributed by atoms with Gasteiger partial charge in [0.05, 0.1) is 0 Å². The molecule has 0 aliphatic carbocycles. The van der Waals surface area contributed by atoms with Crippen molar-refractivity contribution >= 4 is 55.5 Å². The lowest BCUT2D eigenvalue weighted by Crippen LogP contribution is -2.36. The molecule has 0 saturated heterocycles. The quantitative estimate of drug-likeness (QED) is 0.242. The van der Waals surface area contributed by atoms with E-state index in [4.69, 9.17) is 8.94 Å². The number of aryl methyl sites for hydroxylation is 1. The van der Waals surface area contributed by atoms with Crippen LogP contribution in [0, 0.1) is 6.92 Å². The van der Waals surface area contributed by atoms with Gasteiger partial charge in [-0.15, -0.1) is 0 Å².